The molecular weight excluding hydrogens is 240 g/mol. The van der Waals surface area contributed by atoms with E-state index in [-0.39, 0.29) is 17.9 Å². The van der Waals surface area contributed by atoms with Gasteiger partial charge in [-0.2, -0.15) is 0 Å². The Morgan fingerprint density at radius 2 is 2.26 bits per heavy atom. The molecule has 0 aromatic carbocycles. The van der Waals surface area contributed by atoms with Crippen molar-refractivity contribution in [1.29, 1.82) is 0 Å². The minimum absolute atomic E-state index is 0.0225. The molecule has 2 N–H and O–H groups in total. The smallest absolute Gasteiger partial charge is 0.227 e. The highest BCUT2D eigenvalue weighted by molar-refractivity contribution is 5.79. The number of hydrogen-bond acceptors (Lipinski definition) is 3. The van der Waals surface area contributed by atoms with Crippen molar-refractivity contribution in [1.82, 2.24) is 10.6 Å². The average molecular weight is 266 g/mol. The van der Waals surface area contributed by atoms with Crippen LogP contribution < -0.4 is 10.6 Å². The summed E-state index contributed by atoms with van der Waals surface area (Å²) in [5.41, 5.74) is 0. The van der Waals surface area contributed by atoms with E-state index in [9.17, 15) is 4.79 Å². The van der Waals surface area contributed by atoms with E-state index in [1.54, 1.807) is 0 Å². The van der Waals surface area contributed by atoms with Crippen molar-refractivity contribution in [3.63, 3.8) is 0 Å². The predicted molar refractivity (Wildman–Crippen MR) is 75.9 cm³/mol. The summed E-state index contributed by atoms with van der Waals surface area (Å²) in [7, 11) is 0. The van der Waals surface area contributed by atoms with Gasteiger partial charge < -0.3 is 15.4 Å². The standard InChI is InChI=1S/C15H26N2O2/c1-2-8-16-14-11-19-10-13(14)15(18)17-9-12-6-4-3-5-7-12/h3-4,12-14,16H,2,5-11H2,1H3,(H,17,18). The molecule has 3 unspecified atom stereocenters. The third-order valence-corrected chi connectivity index (χ3v) is 4.02. The molecule has 0 aromatic rings. The van der Waals surface area contributed by atoms with Crippen LogP contribution in [0.15, 0.2) is 12.2 Å². The van der Waals surface area contributed by atoms with E-state index < -0.39 is 0 Å². The first-order chi connectivity index (χ1) is 9.31. The summed E-state index contributed by atoms with van der Waals surface area (Å²) in [6.07, 6.45) is 8.97. The summed E-state index contributed by atoms with van der Waals surface area (Å²) >= 11 is 0. The lowest BCUT2D eigenvalue weighted by Gasteiger charge is -2.22. The van der Waals surface area contributed by atoms with Gasteiger partial charge in [-0.1, -0.05) is 19.1 Å². The quantitative estimate of drug-likeness (QED) is 0.716. The van der Waals surface area contributed by atoms with Crippen LogP contribution in [-0.4, -0.2) is 38.3 Å². The maximum absolute atomic E-state index is 12.2. The molecule has 1 fully saturated rings. The van der Waals surface area contributed by atoms with Gasteiger partial charge in [0.2, 0.25) is 5.91 Å². The van der Waals surface area contributed by atoms with E-state index in [0.717, 1.165) is 32.4 Å². The van der Waals surface area contributed by atoms with Crippen LogP contribution in [-0.2, 0) is 9.53 Å². The summed E-state index contributed by atoms with van der Waals surface area (Å²) in [6.45, 7) is 5.10. The SMILES string of the molecule is CCCNC1COCC1C(=O)NCC1CC=CCC1. The third kappa shape index (κ3) is 4.32. The molecule has 0 saturated carbocycles. The number of rotatable bonds is 6. The highest BCUT2D eigenvalue weighted by Crippen LogP contribution is 2.18. The van der Waals surface area contributed by atoms with Gasteiger partial charge in [0.05, 0.1) is 19.1 Å². The third-order valence-electron chi connectivity index (χ3n) is 4.02. The molecular formula is C15H26N2O2. The van der Waals surface area contributed by atoms with Crippen LogP contribution in [0.1, 0.15) is 32.6 Å². The predicted octanol–water partition coefficient (Wildman–Crippen LogP) is 1.47. The van der Waals surface area contributed by atoms with Crippen LogP contribution in [0.4, 0.5) is 0 Å². The zero-order chi connectivity index (χ0) is 13.5. The minimum atomic E-state index is -0.0225. The molecule has 0 bridgehead atoms. The monoisotopic (exact) mass is 266 g/mol. The molecule has 1 aliphatic carbocycles. The molecule has 19 heavy (non-hydrogen) atoms. The molecule has 0 radical (unpaired) electrons. The fraction of sp³-hybridized carbons (Fsp3) is 0.800. The number of amides is 1. The Labute approximate surface area is 116 Å². The van der Waals surface area contributed by atoms with Gasteiger partial charge in [0.15, 0.2) is 0 Å². The minimum Gasteiger partial charge on any atom is -0.379 e. The van der Waals surface area contributed by atoms with Crippen molar-refractivity contribution < 1.29 is 9.53 Å². The maximum Gasteiger partial charge on any atom is 0.227 e. The molecule has 3 atom stereocenters. The summed E-state index contributed by atoms with van der Waals surface area (Å²) in [5.74, 6) is 0.740. The largest absolute Gasteiger partial charge is 0.379 e. The first-order valence-corrected chi connectivity index (χ1v) is 7.55. The fourth-order valence-corrected chi connectivity index (χ4v) is 2.76. The highest BCUT2D eigenvalue weighted by Gasteiger charge is 2.33. The van der Waals surface area contributed by atoms with Crippen molar-refractivity contribution in [3.05, 3.63) is 12.2 Å². The molecule has 2 rings (SSSR count). The summed E-state index contributed by atoms with van der Waals surface area (Å²) < 4.78 is 5.45. The molecule has 0 spiro atoms. The lowest BCUT2D eigenvalue weighted by Crippen LogP contribution is -2.45. The Balaban J connectivity index is 1.73. The first kappa shape index (κ1) is 14.5. The van der Waals surface area contributed by atoms with E-state index in [2.05, 4.69) is 29.7 Å². The zero-order valence-electron chi connectivity index (χ0n) is 11.9. The van der Waals surface area contributed by atoms with Crippen molar-refractivity contribution in [2.45, 2.75) is 38.6 Å². The Hall–Kier alpha value is -0.870. The molecule has 4 heteroatoms. The number of allylic oxidation sites excluding steroid dienone is 2. The zero-order valence-corrected chi connectivity index (χ0v) is 11.9. The summed E-state index contributed by atoms with van der Waals surface area (Å²) in [5, 5.41) is 6.51. The van der Waals surface area contributed by atoms with E-state index in [4.69, 9.17) is 4.74 Å². The van der Waals surface area contributed by atoms with E-state index >= 15 is 0 Å². The molecule has 1 aliphatic heterocycles. The van der Waals surface area contributed by atoms with Crippen LogP contribution in [0, 0.1) is 11.8 Å². The van der Waals surface area contributed by atoms with Gasteiger partial charge in [-0.25, -0.2) is 0 Å². The van der Waals surface area contributed by atoms with Gasteiger partial charge in [0.1, 0.15) is 0 Å². The number of carbonyl (C=O) groups is 1. The van der Waals surface area contributed by atoms with Gasteiger partial charge in [0.25, 0.3) is 0 Å². The summed E-state index contributed by atoms with van der Waals surface area (Å²) in [6, 6.07) is 0.186. The Kier molecular flexibility index (Phi) is 5.86. The normalized spacial score (nSPS) is 30.5. The Morgan fingerprint density at radius 3 is 3.00 bits per heavy atom. The Bertz CT molecular complexity index is 317. The van der Waals surface area contributed by atoms with Gasteiger partial charge in [-0.05, 0) is 38.1 Å². The van der Waals surface area contributed by atoms with Crippen LogP contribution in [0.3, 0.4) is 0 Å². The molecule has 1 heterocycles. The first-order valence-electron chi connectivity index (χ1n) is 7.55. The topological polar surface area (TPSA) is 50.4 Å². The van der Waals surface area contributed by atoms with Gasteiger partial charge in [-0.3, -0.25) is 4.79 Å². The van der Waals surface area contributed by atoms with Crippen LogP contribution in [0.2, 0.25) is 0 Å². The van der Waals surface area contributed by atoms with Crippen molar-refractivity contribution in [2.24, 2.45) is 11.8 Å². The highest BCUT2D eigenvalue weighted by atomic mass is 16.5. The number of carbonyl (C=O) groups excluding carboxylic acids is 1. The molecule has 108 valence electrons. The lowest BCUT2D eigenvalue weighted by molar-refractivity contribution is -0.125. The molecule has 4 nitrogen and oxygen atoms in total. The van der Waals surface area contributed by atoms with E-state index in [1.165, 1.54) is 6.42 Å². The second-order valence-electron chi connectivity index (χ2n) is 5.60. The second kappa shape index (κ2) is 7.65. The lowest BCUT2D eigenvalue weighted by atomic mass is 9.94. The fourth-order valence-electron chi connectivity index (χ4n) is 2.76. The van der Waals surface area contributed by atoms with Gasteiger partial charge >= 0.3 is 0 Å². The van der Waals surface area contributed by atoms with Crippen LogP contribution in [0.25, 0.3) is 0 Å². The maximum atomic E-state index is 12.2. The molecule has 2 aliphatic rings. The molecule has 0 aromatic heterocycles. The summed E-state index contributed by atoms with van der Waals surface area (Å²) in [4.78, 5) is 12.2. The van der Waals surface area contributed by atoms with E-state index in [0.29, 0.717) is 19.1 Å². The second-order valence-corrected chi connectivity index (χ2v) is 5.60. The molecule has 1 saturated heterocycles. The van der Waals surface area contributed by atoms with Crippen LogP contribution >= 0.6 is 0 Å². The number of nitrogens with one attached hydrogen (secondary N) is 2. The van der Waals surface area contributed by atoms with Crippen molar-refractivity contribution in [3.8, 4) is 0 Å². The molecule has 1 amide bonds. The Morgan fingerprint density at radius 1 is 1.37 bits per heavy atom. The van der Waals surface area contributed by atoms with Crippen LogP contribution in [0.5, 0.6) is 0 Å². The van der Waals surface area contributed by atoms with Crippen molar-refractivity contribution >= 4 is 5.91 Å². The van der Waals surface area contributed by atoms with Gasteiger partial charge in [0, 0.05) is 12.6 Å². The number of ether oxygens (including phenoxy) is 1. The van der Waals surface area contributed by atoms with Gasteiger partial charge in [-0.15, -0.1) is 0 Å². The van der Waals surface area contributed by atoms with Crippen molar-refractivity contribution in [2.75, 3.05) is 26.3 Å². The number of hydrogen-bond donors (Lipinski definition) is 2. The van der Waals surface area contributed by atoms with E-state index in [1.807, 2.05) is 0 Å². The average Bonchev–Trinajstić information content (AvgIpc) is 2.92.